The maximum Gasteiger partial charge on any atom is 0.344 e. The molecular formula is C21H24BrN2O5S-. The topological polar surface area (TPSA) is 91.8 Å². The quantitative estimate of drug-likeness (QED) is 0.439. The summed E-state index contributed by atoms with van der Waals surface area (Å²) in [5.74, 6) is 0.474. The van der Waals surface area contributed by atoms with E-state index in [0.717, 1.165) is 28.4 Å². The summed E-state index contributed by atoms with van der Waals surface area (Å²) in [5.41, 5.74) is 1.18. The number of carbonyl (C=O) groups excluding carboxylic acids is 1. The lowest BCUT2D eigenvalue weighted by Gasteiger charge is -2.37. The molecule has 0 saturated heterocycles. The first-order chi connectivity index (χ1) is 14.2. The van der Waals surface area contributed by atoms with Crippen molar-refractivity contribution in [1.82, 2.24) is 4.98 Å². The third-order valence-corrected chi connectivity index (χ3v) is 5.81. The molecule has 0 N–H and O–H groups in total. The summed E-state index contributed by atoms with van der Waals surface area (Å²) in [4.78, 5) is 16.3. The number of anilines is 1. The normalized spacial score (nSPS) is 17.0. The first-order valence-electron chi connectivity index (χ1n) is 9.62. The lowest BCUT2D eigenvalue weighted by molar-refractivity contribution is -0.157. The summed E-state index contributed by atoms with van der Waals surface area (Å²) in [6.45, 7) is 5.19. The van der Waals surface area contributed by atoms with Gasteiger partial charge in [0.25, 0.3) is 0 Å². The zero-order chi connectivity index (χ0) is 21.9. The van der Waals surface area contributed by atoms with Gasteiger partial charge in [0.2, 0.25) is 0 Å². The Balaban J connectivity index is 1.87. The minimum atomic E-state index is -2.50. The number of nitrogens with zero attached hydrogens (tertiary/aromatic N) is 2. The van der Waals surface area contributed by atoms with E-state index in [2.05, 4.69) is 20.9 Å². The Morgan fingerprint density at radius 1 is 1.33 bits per heavy atom. The number of hydrogen-bond donors (Lipinski definition) is 0. The number of pyridine rings is 1. The summed E-state index contributed by atoms with van der Waals surface area (Å²) in [7, 11) is 0. The summed E-state index contributed by atoms with van der Waals surface area (Å²) in [6, 6.07) is 8.53. The van der Waals surface area contributed by atoms with Gasteiger partial charge in [0.1, 0.15) is 17.2 Å². The van der Waals surface area contributed by atoms with Crippen molar-refractivity contribution in [1.29, 1.82) is 0 Å². The van der Waals surface area contributed by atoms with Crippen LogP contribution in [0.3, 0.4) is 0 Å². The van der Waals surface area contributed by atoms with Gasteiger partial charge in [-0.25, -0.2) is 9.78 Å². The van der Waals surface area contributed by atoms with Crippen LogP contribution in [0.2, 0.25) is 0 Å². The molecule has 2 aromatic rings. The monoisotopic (exact) mass is 495 g/mol. The fourth-order valence-electron chi connectivity index (χ4n) is 3.51. The predicted octanol–water partition coefficient (Wildman–Crippen LogP) is 4.24. The van der Waals surface area contributed by atoms with E-state index < -0.39 is 28.9 Å². The highest BCUT2D eigenvalue weighted by Crippen LogP contribution is 2.40. The molecule has 1 aromatic heterocycles. The Morgan fingerprint density at radius 3 is 2.73 bits per heavy atom. The molecular weight excluding hydrogens is 472 g/mol. The van der Waals surface area contributed by atoms with E-state index in [9.17, 15) is 13.6 Å². The van der Waals surface area contributed by atoms with E-state index in [-0.39, 0.29) is 6.61 Å². The Kier molecular flexibility index (Phi) is 7.15. The number of aromatic nitrogens is 1. The number of fused-ring (bicyclic) bond motifs is 1. The molecule has 0 spiro atoms. The number of halogens is 1. The average Bonchev–Trinajstić information content (AvgIpc) is 2.66. The fraction of sp³-hybridized carbons (Fsp3) is 0.429. The second-order valence-corrected chi connectivity index (χ2v) is 9.73. The van der Waals surface area contributed by atoms with Gasteiger partial charge in [-0.2, -0.15) is 0 Å². The minimum Gasteiger partial charge on any atom is -0.755 e. The van der Waals surface area contributed by atoms with Crippen molar-refractivity contribution in [3.63, 3.8) is 0 Å². The SMILES string of the molecule is CC(C)(C)OC(=O)COc1cccc2c1CCCC2N(c1ccc(Br)cn1)S(=O)[O-]. The van der Waals surface area contributed by atoms with E-state index in [0.29, 0.717) is 18.0 Å². The summed E-state index contributed by atoms with van der Waals surface area (Å²) in [6.07, 6.45) is 3.76. The van der Waals surface area contributed by atoms with Crippen molar-refractivity contribution < 1.29 is 23.0 Å². The van der Waals surface area contributed by atoms with Gasteiger partial charge < -0.3 is 14.0 Å². The molecule has 9 heteroatoms. The first kappa shape index (κ1) is 22.7. The van der Waals surface area contributed by atoms with Crippen LogP contribution in [0.15, 0.2) is 41.0 Å². The second kappa shape index (κ2) is 9.45. The zero-order valence-corrected chi connectivity index (χ0v) is 19.5. The largest absolute Gasteiger partial charge is 0.755 e. The number of ether oxygens (including phenoxy) is 2. The summed E-state index contributed by atoms with van der Waals surface area (Å²) < 4.78 is 37.3. The third kappa shape index (κ3) is 5.59. The molecule has 1 aliphatic rings. The Labute approximate surface area is 187 Å². The van der Waals surface area contributed by atoms with Crippen molar-refractivity contribution >= 4 is 39.0 Å². The number of esters is 1. The number of rotatable bonds is 6. The Morgan fingerprint density at radius 2 is 2.10 bits per heavy atom. The van der Waals surface area contributed by atoms with Gasteiger partial charge in [-0.15, -0.1) is 0 Å². The van der Waals surface area contributed by atoms with Crippen LogP contribution < -0.4 is 9.04 Å². The van der Waals surface area contributed by atoms with Crippen molar-refractivity contribution in [3.05, 3.63) is 52.1 Å². The van der Waals surface area contributed by atoms with Crippen LogP contribution in [0, 0.1) is 0 Å². The van der Waals surface area contributed by atoms with Crippen LogP contribution in [0.1, 0.15) is 50.8 Å². The Hall–Kier alpha value is -1.97. The van der Waals surface area contributed by atoms with Crippen molar-refractivity contribution in [2.75, 3.05) is 10.9 Å². The summed E-state index contributed by atoms with van der Waals surface area (Å²) in [5, 5.41) is 0. The highest BCUT2D eigenvalue weighted by molar-refractivity contribution is 9.10. The molecule has 1 heterocycles. The second-order valence-electron chi connectivity index (χ2n) is 7.98. The van der Waals surface area contributed by atoms with Crippen LogP contribution >= 0.6 is 15.9 Å². The molecule has 2 unspecified atom stereocenters. The number of benzene rings is 1. The van der Waals surface area contributed by atoms with Crippen molar-refractivity contribution in [3.8, 4) is 5.75 Å². The smallest absolute Gasteiger partial charge is 0.344 e. The minimum absolute atomic E-state index is 0.205. The highest BCUT2D eigenvalue weighted by Gasteiger charge is 2.30. The molecule has 7 nitrogen and oxygen atoms in total. The van der Waals surface area contributed by atoms with Gasteiger partial charge in [-0.05, 0) is 85.3 Å². The number of hydrogen-bond acceptors (Lipinski definition) is 6. The van der Waals surface area contributed by atoms with Crippen molar-refractivity contribution in [2.24, 2.45) is 0 Å². The van der Waals surface area contributed by atoms with Gasteiger partial charge in [0, 0.05) is 21.9 Å². The molecule has 0 fully saturated rings. The maximum atomic E-state index is 12.1. The van der Waals surface area contributed by atoms with Crippen LogP contribution in [0.4, 0.5) is 5.82 Å². The molecule has 30 heavy (non-hydrogen) atoms. The zero-order valence-electron chi connectivity index (χ0n) is 17.1. The molecule has 0 aliphatic heterocycles. The van der Waals surface area contributed by atoms with Crippen LogP contribution in [0.5, 0.6) is 5.75 Å². The van der Waals surface area contributed by atoms with Gasteiger partial charge >= 0.3 is 5.97 Å². The van der Waals surface area contributed by atoms with Crippen LogP contribution in [-0.4, -0.2) is 31.9 Å². The van der Waals surface area contributed by atoms with E-state index >= 15 is 0 Å². The Bertz CT molecular complexity index is 930. The molecule has 0 bridgehead atoms. The molecule has 162 valence electrons. The van der Waals surface area contributed by atoms with Gasteiger partial charge in [-0.3, -0.25) is 8.51 Å². The third-order valence-electron chi connectivity index (χ3n) is 4.58. The average molecular weight is 496 g/mol. The highest BCUT2D eigenvalue weighted by atomic mass is 79.9. The standard InChI is InChI=1S/C21H25BrN2O5S/c1-21(2,3)29-20(25)13-28-18-9-5-6-15-16(18)7-4-8-17(15)24(30(26)27)19-11-10-14(22)12-23-19/h5-6,9-12,17H,4,7-8,13H2,1-3H3,(H,26,27)/p-1. The molecule has 1 aliphatic carbocycles. The van der Waals surface area contributed by atoms with Crippen LogP contribution in [0.25, 0.3) is 0 Å². The van der Waals surface area contributed by atoms with Gasteiger partial charge in [0.05, 0.1) is 6.04 Å². The predicted molar refractivity (Wildman–Crippen MR) is 117 cm³/mol. The van der Waals surface area contributed by atoms with Crippen LogP contribution in [-0.2, 0) is 27.2 Å². The number of carbonyl (C=O) groups is 1. The fourth-order valence-corrected chi connectivity index (χ4v) is 4.44. The maximum absolute atomic E-state index is 12.1. The van der Waals surface area contributed by atoms with Gasteiger partial charge in [-0.1, -0.05) is 12.1 Å². The molecule has 3 rings (SSSR count). The first-order valence-corrected chi connectivity index (χ1v) is 11.4. The molecule has 1 aromatic carbocycles. The van der Waals surface area contributed by atoms with E-state index in [1.807, 2.05) is 12.1 Å². The summed E-state index contributed by atoms with van der Waals surface area (Å²) >= 11 is 0.816. The molecule has 2 atom stereocenters. The lowest BCUT2D eigenvalue weighted by Crippen LogP contribution is -2.33. The van der Waals surface area contributed by atoms with Gasteiger partial charge in [0.15, 0.2) is 6.61 Å². The molecule has 0 radical (unpaired) electrons. The van der Waals surface area contributed by atoms with Crippen molar-refractivity contribution in [2.45, 2.75) is 51.7 Å². The molecule has 0 saturated carbocycles. The molecule has 0 amide bonds. The lowest BCUT2D eigenvalue weighted by atomic mass is 9.87. The van der Waals surface area contributed by atoms with E-state index in [1.165, 1.54) is 4.31 Å². The van der Waals surface area contributed by atoms with E-state index in [1.54, 1.807) is 45.2 Å². The van der Waals surface area contributed by atoms with E-state index in [4.69, 9.17) is 9.47 Å².